The van der Waals surface area contributed by atoms with Crippen molar-refractivity contribution in [3.8, 4) is 11.5 Å². The third-order valence-corrected chi connectivity index (χ3v) is 3.19. The van der Waals surface area contributed by atoms with Gasteiger partial charge in [-0.2, -0.15) is 0 Å². The maximum Gasteiger partial charge on any atom is 0.573 e. The minimum atomic E-state index is -4.78. The fraction of sp³-hybridized carbons (Fsp3) is 0.235. The summed E-state index contributed by atoms with van der Waals surface area (Å²) < 4.78 is 58.2. The van der Waals surface area contributed by atoms with E-state index in [4.69, 9.17) is 4.74 Å². The molecular weight excluding hydrogens is 342 g/mol. The number of likely N-dealkylation sites (N-methyl/N-ethyl adjacent to an activating group) is 1. The number of carbonyl (C=O) groups is 1. The van der Waals surface area contributed by atoms with Gasteiger partial charge in [0.25, 0.3) is 5.91 Å². The molecule has 0 aromatic heterocycles. The zero-order chi connectivity index (χ0) is 18.4. The summed E-state index contributed by atoms with van der Waals surface area (Å²) in [4.78, 5) is 13.6. The van der Waals surface area contributed by atoms with Crippen LogP contribution in [0.3, 0.4) is 0 Å². The summed E-state index contributed by atoms with van der Waals surface area (Å²) in [7, 11) is 1.54. The maximum atomic E-state index is 12.8. The number of halogens is 4. The molecule has 0 unspecified atom stereocenters. The molecule has 4 nitrogen and oxygen atoms in total. The van der Waals surface area contributed by atoms with Gasteiger partial charge in [0.05, 0.1) is 6.54 Å². The molecule has 0 aliphatic rings. The van der Waals surface area contributed by atoms with Gasteiger partial charge < -0.3 is 14.4 Å². The number of amides is 1. The molecule has 0 atom stereocenters. The molecular formula is C17H15F4NO3. The van der Waals surface area contributed by atoms with E-state index in [-0.39, 0.29) is 30.4 Å². The number of carbonyl (C=O) groups excluding carboxylic acids is 1. The molecule has 0 saturated carbocycles. The van der Waals surface area contributed by atoms with Crippen LogP contribution in [0.5, 0.6) is 11.5 Å². The maximum absolute atomic E-state index is 12.8. The molecule has 2 aromatic carbocycles. The monoisotopic (exact) mass is 357 g/mol. The molecule has 0 aliphatic heterocycles. The van der Waals surface area contributed by atoms with Crippen molar-refractivity contribution in [2.45, 2.75) is 6.36 Å². The summed E-state index contributed by atoms with van der Waals surface area (Å²) in [5.41, 5.74) is 0.221. The molecule has 134 valence electrons. The highest BCUT2D eigenvalue weighted by molar-refractivity contribution is 5.94. The molecule has 8 heteroatoms. The highest BCUT2D eigenvalue weighted by atomic mass is 19.4. The molecule has 2 rings (SSSR count). The molecule has 25 heavy (non-hydrogen) atoms. The lowest BCUT2D eigenvalue weighted by atomic mass is 10.2. The van der Waals surface area contributed by atoms with Crippen LogP contribution in [-0.2, 0) is 0 Å². The predicted molar refractivity (Wildman–Crippen MR) is 82.0 cm³/mol. The Morgan fingerprint density at radius 2 is 1.56 bits per heavy atom. The standard InChI is InChI=1S/C17H15F4NO3/c1-22(10-11-24-14-8-4-13(18)5-9-14)16(23)12-2-6-15(7-3-12)25-17(19,20)21/h2-9H,10-11H2,1H3. The topological polar surface area (TPSA) is 38.8 Å². The van der Waals surface area contributed by atoms with Crippen LogP contribution in [0, 0.1) is 5.82 Å². The summed E-state index contributed by atoms with van der Waals surface area (Å²) in [6.07, 6.45) is -4.78. The van der Waals surface area contributed by atoms with Gasteiger partial charge in [-0.3, -0.25) is 4.79 Å². The van der Waals surface area contributed by atoms with E-state index in [0.29, 0.717) is 5.75 Å². The van der Waals surface area contributed by atoms with Crippen molar-refractivity contribution in [2.75, 3.05) is 20.2 Å². The molecule has 0 fully saturated rings. The molecule has 0 aliphatic carbocycles. The number of hydrogen-bond donors (Lipinski definition) is 0. The largest absolute Gasteiger partial charge is 0.573 e. The van der Waals surface area contributed by atoms with Gasteiger partial charge in [0, 0.05) is 12.6 Å². The first kappa shape index (κ1) is 18.6. The Balaban J connectivity index is 1.85. The minimum Gasteiger partial charge on any atom is -0.492 e. The van der Waals surface area contributed by atoms with E-state index in [2.05, 4.69) is 4.74 Å². The summed E-state index contributed by atoms with van der Waals surface area (Å²) in [5, 5.41) is 0. The summed E-state index contributed by atoms with van der Waals surface area (Å²) in [6.45, 7) is 0.431. The van der Waals surface area contributed by atoms with Crippen LogP contribution in [0.2, 0.25) is 0 Å². The van der Waals surface area contributed by atoms with Crippen LogP contribution >= 0.6 is 0 Å². The van der Waals surface area contributed by atoms with E-state index in [1.165, 1.54) is 48.3 Å². The van der Waals surface area contributed by atoms with Gasteiger partial charge >= 0.3 is 6.36 Å². The molecule has 0 bridgehead atoms. The number of ether oxygens (including phenoxy) is 2. The molecule has 0 radical (unpaired) electrons. The SMILES string of the molecule is CN(CCOc1ccc(F)cc1)C(=O)c1ccc(OC(F)(F)F)cc1. The van der Waals surface area contributed by atoms with Crippen LogP contribution in [0.25, 0.3) is 0 Å². The third kappa shape index (κ3) is 5.98. The second-order valence-corrected chi connectivity index (χ2v) is 5.10. The Labute approximate surface area is 141 Å². The quantitative estimate of drug-likeness (QED) is 0.737. The van der Waals surface area contributed by atoms with Gasteiger partial charge in [0.15, 0.2) is 0 Å². The lowest BCUT2D eigenvalue weighted by Gasteiger charge is -2.18. The minimum absolute atomic E-state index is 0.184. The van der Waals surface area contributed by atoms with E-state index >= 15 is 0 Å². The van der Waals surface area contributed by atoms with E-state index in [9.17, 15) is 22.4 Å². The number of rotatable bonds is 6. The number of nitrogens with zero attached hydrogens (tertiary/aromatic N) is 1. The highest BCUT2D eigenvalue weighted by Gasteiger charge is 2.31. The van der Waals surface area contributed by atoms with Crippen LogP contribution in [0.4, 0.5) is 17.6 Å². The molecule has 0 saturated heterocycles. The molecule has 0 heterocycles. The van der Waals surface area contributed by atoms with E-state index < -0.39 is 12.1 Å². The second-order valence-electron chi connectivity index (χ2n) is 5.10. The van der Waals surface area contributed by atoms with Crippen molar-refractivity contribution in [3.05, 3.63) is 59.9 Å². The number of benzene rings is 2. The Bertz CT molecular complexity index is 699. The van der Waals surface area contributed by atoms with E-state index in [1.54, 1.807) is 0 Å². The van der Waals surface area contributed by atoms with Gasteiger partial charge in [-0.15, -0.1) is 13.2 Å². The van der Waals surface area contributed by atoms with Gasteiger partial charge in [0.1, 0.15) is 23.9 Å². The van der Waals surface area contributed by atoms with Crippen molar-refractivity contribution in [3.63, 3.8) is 0 Å². The van der Waals surface area contributed by atoms with Crippen molar-refractivity contribution < 1.29 is 31.8 Å². The summed E-state index contributed by atoms with van der Waals surface area (Å²) in [5.74, 6) is -0.680. The lowest BCUT2D eigenvalue weighted by molar-refractivity contribution is -0.274. The third-order valence-electron chi connectivity index (χ3n) is 3.19. The second kappa shape index (κ2) is 7.87. The normalized spacial score (nSPS) is 11.1. The summed E-state index contributed by atoms with van der Waals surface area (Å²) >= 11 is 0. The average molecular weight is 357 g/mol. The first-order valence-corrected chi connectivity index (χ1v) is 7.24. The van der Waals surface area contributed by atoms with Gasteiger partial charge in [-0.25, -0.2) is 4.39 Å². The first-order chi connectivity index (χ1) is 11.7. The summed E-state index contributed by atoms with van der Waals surface area (Å²) in [6, 6.07) is 10.1. The van der Waals surface area contributed by atoms with Crippen molar-refractivity contribution in [1.82, 2.24) is 4.90 Å². The van der Waals surface area contributed by atoms with Gasteiger partial charge in [-0.05, 0) is 48.5 Å². The van der Waals surface area contributed by atoms with Crippen LogP contribution in [0.1, 0.15) is 10.4 Å². The predicted octanol–water partition coefficient (Wildman–Crippen LogP) is 3.88. The van der Waals surface area contributed by atoms with Gasteiger partial charge in [0.2, 0.25) is 0 Å². The molecule has 2 aromatic rings. The first-order valence-electron chi connectivity index (χ1n) is 7.24. The Hall–Kier alpha value is -2.77. The van der Waals surface area contributed by atoms with Crippen LogP contribution < -0.4 is 9.47 Å². The van der Waals surface area contributed by atoms with Crippen molar-refractivity contribution in [1.29, 1.82) is 0 Å². The van der Waals surface area contributed by atoms with Crippen molar-refractivity contribution >= 4 is 5.91 Å². The fourth-order valence-corrected chi connectivity index (χ4v) is 1.95. The number of hydrogen-bond acceptors (Lipinski definition) is 3. The zero-order valence-electron chi connectivity index (χ0n) is 13.2. The Morgan fingerprint density at radius 3 is 2.12 bits per heavy atom. The lowest BCUT2D eigenvalue weighted by Crippen LogP contribution is -2.30. The molecule has 0 spiro atoms. The van der Waals surface area contributed by atoms with E-state index in [0.717, 1.165) is 12.1 Å². The number of alkyl halides is 3. The van der Waals surface area contributed by atoms with Crippen LogP contribution in [0.15, 0.2) is 48.5 Å². The average Bonchev–Trinajstić information content (AvgIpc) is 2.55. The van der Waals surface area contributed by atoms with Gasteiger partial charge in [-0.1, -0.05) is 0 Å². The van der Waals surface area contributed by atoms with Crippen molar-refractivity contribution in [2.24, 2.45) is 0 Å². The fourth-order valence-electron chi connectivity index (χ4n) is 1.95. The van der Waals surface area contributed by atoms with E-state index in [1.807, 2.05) is 0 Å². The smallest absolute Gasteiger partial charge is 0.492 e. The zero-order valence-corrected chi connectivity index (χ0v) is 13.2. The Kier molecular flexibility index (Phi) is 5.84. The highest BCUT2D eigenvalue weighted by Crippen LogP contribution is 2.23. The Morgan fingerprint density at radius 1 is 1.00 bits per heavy atom. The van der Waals surface area contributed by atoms with Crippen LogP contribution in [-0.4, -0.2) is 37.4 Å². The molecule has 1 amide bonds. The molecule has 0 N–H and O–H groups in total.